The summed E-state index contributed by atoms with van der Waals surface area (Å²) in [6.07, 6.45) is 2.45. The number of imidazole rings is 1. The molecule has 5 nitrogen and oxygen atoms in total. The zero-order chi connectivity index (χ0) is 14.1. The zero-order valence-electron chi connectivity index (χ0n) is 11.5. The van der Waals surface area contributed by atoms with Crippen LogP contribution in [0.3, 0.4) is 0 Å². The van der Waals surface area contributed by atoms with Crippen LogP contribution in [0.25, 0.3) is 11.0 Å². The van der Waals surface area contributed by atoms with Crippen LogP contribution in [0.15, 0.2) is 24.5 Å². The van der Waals surface area contributed by atoms with E-state index in [0.29, 0.717) is 12.4 Å². The lowest BCUT2D eigenvalue weighted by molar-refractivity contribution is 0.680. The van der Waals surface area contributed by atoms with Gasteiger partial charge in [0.25, 0.3) is 0 Å². The minimum absolute atomic E-state index is 0.557. The molecule has 20 heavy (non-hydrogen) atoms. The van der Waals surface area contributed by atoms with Crippen molar-refractivity contribution < 1.29 is 0 Å². The van der Waals surface area contributed by atoms with Gasteiger partial charge in [0.15, 0.2) is 5.82 Å². The number of nitrogens with zero attached hydrogens (tertiary/aromatic N) is 5. The summed E-state index contributed by atoms with van der Waals surface area (Å²) in [6, 6.07) is 6.16. The van der Waals surface area contributed by atoms with Crippen LogP contribution in [0, 0.1) is 6.92 Å². The number of rotatable bonds is 4. The molecule has 0 atom stereocenters. The van der Waals surface area contributed by atoms with Crippen molar-refractivity contribution in [3.63, 3.8) is 0 Å². The van der Waals surface area contributed by atoms with Crippen molar-refractivity contribution in [1.82, 2.24) is 24.3 Å². The molecule has 0 bridgehead atoms. The Balaban J connectivity index is 2.15. The van der Waals surface area contributed by atoms with Gasteiger partial charge in [0.1, 0.15) is 12.2 Å². The molecule has 0 aliphatic rings. The van der Waals surface area contributed by atoms with Crippen LogP contribution in [0.1, 0.15) is 17.2 Å². The molecule has 0 radical (unpaired) electrons. The van der Waals surface area contributed by atoms with E-state index in [4.69, 9.17) is 16.6 Å². The van der Waals surface area contributed by atoms with E-state index in [2.05, 4.69) is 27.8 Å². The Hall–Kier alpha value is -1.88. The number of alkyl halides is 1. The molecule has 0 N–H and O–H groups in total. The Morgan fingerprint density at radius 3 is 2.80 bits per heavy atom. The molecule has 0 saturated heterocycles. The van der Waals surface area contributed by atoms with Crippen LogP contribution in [0.2, 0.25) is 0 Å². The fraction of sp³-hybridized carbons (Fsp3) is 0.357. The van der Waals surface area contributed by atoms with Crippen LogP contribution in [0.5, 0.6) is 0 Å². The summed E-state index contributed by atoms with van der Waals surface area (Å²) in [5.74, 6) is 2.46. The number of aryl methyl sites for hydroxylation is 3. The first-order valence-corrected chi connectivity index (χ1v) is 7.07. The van der Waals surface area contributed by atoms with E-state index < -0.39 is 0 Å². The Kier molecular flexibility index (Phi) is 3.44. The fourth-order valence-electron chi connectivity index (χ4n) is 2.45. The van der Waals surface area contributed by atoms with Crippen LogP contribution in [-0.4, -0.2) is 30.2 Å². The van der Waals surface area contributed by atoms with Gasteiger partial charge < -0.3 is 9.13 Å². The minimum Gasteiger partial charge on any atom is -0.320 e. The summed E-state index contributed by atoms with van der Waals surface area (Å²) in [6.45, 7) is 2.76. The second-order valence-corrected chi connectivity index (χ2v) is 5.23. The highest BCUT2D eigenvalue weighted by atomic mass is 35.5. The molecule has 2 aromatic heterocycles. The predicted molar refractivity (Wildman–Crippen MR) is 79.0 cm³/mol. The smallest absolute Gasteiger partial charge is 0.152 e. The van der Waals surface area contributed by atoms with Crippen molar-refractivity contribution >= 4 is 22.6 Å². The second-order valence-electron chi connectivity index (χ2n) is 4.85. The van der Waals surface area contributed by atoms with Gasteiger partial charge in [-0.2, -0.15) is 0 Å². The lowest BCUT2D eigenvalue weighted by Gasteiger charge is -2.09. The minimum atomic E-state index is 0.557. The third-order valence-corrected chi connectivity index (χ3v) is 3.66. The van der Waals surface area contributed by atoms with E-state index in [-0.39, 0.29) is 0 Å². The van der Waals surface area contributed by atoms with Gasteiger partial charge in [-0.25, -0.2) is 4.98 Å². The number of para-hydroxylation sites is 1. The first kappa shape index (κ1) is 13.1. The monoisotopic (exact) mass is 289 g/mol. The van der Waals surface area contributed by atoms with Crippen molar-refractivity contribution in [2.24, 2.45) is 7.05 Å². The summed E-state index contributed by atoms with van der Waals surface area (Å²) >= 11 is 5.90. The fourth-order valence-corrected chi connectivity index (χ4v) is 2.62. The SMILES string of the molecule is Cc1cccc2nc(CCCl)n(Cc3nncn3C)c12. The molecule has 0 unspecified atom stereocenters. The summed E-state index contributed by atoms with van der Waals surface area (Å²) in [5.41, 5.74) is 3.36. The van der Waals surface area contributed by atoms with Crippen LogP contribution < -0.4 is 0 Å². The van der Waals surface area contributed by atoms with Gasteiger partial charge in [0.05, 0.1) is 17.6 Å². The Labute approximate surface area is 122 Å². The van der Waals surface area contributed by atoms with Gasteiger partial charge in [0, 0.05) is 19.3 Å². The molecule has 0 saturated carbocycles. The molecule has 0 fully saturated rings. The van der Waals surface area contributed by atoms with Gasteiger partial charge in [-0.3, -0.25) is 0 Å². The van der Waals surface area contributed by atoms with Crippen molar-refractivity contribution in [2.75, 3.05) is 5.88 Å². The number of hydrogen-bond acceptors (Lipinski definition) is 3. The highest BCUT2D eigenvalue weighted by Crippen LogP contribution is 2.21. The lowest BCUT2D eigenvalue weighted by Crippen LogP contribution is -2.10. The number of fused-ring (bicyclic) bond motifs is 1. The molecule has 2 heterocycles. The molecular formula is C14H16ClN5. The molecule has 0 amide bonds. The van der Waals surface area contributed by atoms with E-state index in [0.717, 1.165) is 29.1 Å². The predicted octanol–water partition coefficient (Wildman–Crippen LogP) is 2.30. The second kappa shape index (κ2) is 5.25. The third-order valence-electron chi connectivity index (χ3n) is 3.47. The summed E-state index contributed by atoms with van der Waals surface area (Å²) in [5, 5.41) is 8.09. The van der Waals surface area contributed by atoms with Crippen molar-refractivity contribution in [3.05, 3.63) is 41.7 Å². The van der Waals surface area contributed by atoms with Gasteiger partial charge >= 0.3 is 0 Å². The zero-order valence-corrected chi connectivity index (χ0v) is 12.3. The number of aromatic nitrogens is 5. The quantitative estimate of drug-likeness (QED) is 0.693. The van der Waals surface area contributed by atoms with E-state index in [1.807, 2.05) is 23.7 Å². The summed E-state index contributed by atoms with van der Waals surface area (Å²) in [4.78, 5) is 4.69. The molecular weight excluding hydrogens is 274 g/mol. The van der Waals surface area contributed by atoms with Crippen LogP contribution in [-0.2, 0) is 20.0 Å². The molecule has 0 spiro atoms. The maximum atomic E-state index is 5.90. The highest BCUT2D eigenvalue weighted by molar-refractivity contribution is 6.17. The third kappa shape index (κ3) is 2.18. The van der Waals surface area contributed by atoms with E-state index in [1.165, 1.54) is 5.56 Å². The Morgan fingerprint density at radius 2 is 2.10 bits per heavy atom. The first-order valence-electron chi connectivity index (χ1n) is 6.54. The Bertz CT molecular complexity index is 743. The maximum absolute atomic E-state index is 5.90. The largest absolute Gasteiger partial charge is 0.320 e. The average molecular weight is 290 g/mol. The lowest BCUT2D eigenvalue weighted by atomic mass is 10.2. The molecule has 6 heteroatoms. The maximum Gasteiger partial charge on any atom is 0.152 e. The highest BCUT2D eigenvalue weighted by Gasteiger charge is 2.14. The van der Waals surface area contributed by atoms with Crippen molar-refractivity contribution in [1.29, 1.82) is 0 Å². The van der Waals surface area contributed by atoms with Crippen molar-refractivity contribution in [2.45, 2.75) is 19.9 Å². The van der Waals surface area contributed by atoms with E-state index >= 15 is 0 Å². The van der Waals surface area contributed by atoms with E-state index in [1.54, 1.807) is 6.33 Å². The molecule has 0 aliphatic carbocycles. The molecule has 104 valence electrons. The van der Waals surface area contributed by atoms with E-state index in [9.17, 15) is 0 Å². The molecule has 3 aromatic rings. The van der Waals surface area contributed by atoms with Gasteiger partial charge in [-0.1, -0.05) is 12.1 Å². The molecule has 3 rings (SSSR count). The topological polar surface area (TPSA) is 48.5 Å². The van der Waals surface area contributed by atoms with Crippen LogP contribution >= 0.6 is 11.6 Å². The molecule has 0 aliphatic heterocycles. The van der Waals surface area contributed by atoms with Crippen LogP contribution in [0.4, 0.5) is 0 Å². The normalized spacial score (nSPS) is 11.3. The standard InChI is InChI=1S/C14H16ClN5/c1-10-4-3-5-11-14(10)20(12(17-11)6-7-15)8-13-18-16-9-19(13)2/h3-5,9H,6-8H2,1-2H3. The van der Waals surface area contributed by atoms with Crippen molar-refractivity contribution in [3.8, 4) is 0 Å². The number of hydrogen-bond donors (Lipinski definition) is 0. The number of benzene rings is 1. The number of halogens is 1. The Morgan fingerprint density at radius 1 is 1.25 bits per heavy atom. The first-order chi connectivity index (χ1) is 9.70. The van der Waals surface area contributed by atoms with Gasteiger partial charge in [-0.15, -0.1) is 21.8 Å². The van der Waals surface area contributed by atoms with Gasteiger partial charge in [0.2, 0.25) is 0 Å². The van der Waals surface area contributed by atoms with Gasteiger partial charge in [-0.05, 0) is 18.6 Å². The molecule has 1 aromatic carbocycles. The summed E-state index contributed by atoms with van der Waals surface area (Å²) < 4.78 is 4.12. The summed E-state index contributed by atoms with van der Waals surface area (Å²) in [7, 11) is 1.95. The average Bonchev–Trinajstić information content (AvgIpc) is 2.97.